The highest BCUT2D eigenvalue weighted by atomic mass is 32.1. The van der Waals surface area contributed by atoms with E-state index < -0.39 is 10.9 Å². The zero-order valence-corrected chi connectivity index (χ0v) is 13.4. The highest BCUT2D eigenvalue weighted by Gasteiger charge is 2.34. The normalized spacial score (nSPS) is 25.8. The number of hydrogen-bond donors (Lipinski definition) is 0. The predicted octanol–water partition coefficient (Wildman–Crippen LogP) is 4.27. The summed E-state index contributed by atoms with van der Waals surface area (Å²) in [4.78, 5) is 22.7. The van der Waals surface area contributed by atoms with E-state index in [9.17, 15) is 14.9 Å². The molecule has 1 heterocycles. The lowest BCUT2D eigenvalue weighted by Crippen LogP contribution is -2.35. The van der Waals surface area contributed by atoms with E-state index in [1.54, 1.807) is 0 Å². The summed E-state index contributed by atoms with van der Waals surface area (Å²) in [5, 5.41) is 10.6. The van der Waals surface area contributed by atoms with Crippen LogP contribution in [0.1, 0.15) is 49.7 Å². The quantitative estimate of drug-likeness (QED) is 0.473. The van der Waals surface area contributed by atoms with Crippen LogP contribution in [0, 0.1) is 27.9 Å². The van der Waals surface area contributed by atoms with Crippen LogP contribution in [0.5, 0.6) is 0 Å². The van der Waals surface area contributed by atoms with Gasteiger partial charge in [0.05, 0.1) is 4.92 Å². The van der Waals surface area contributed by atoms with Crippen LogP contribution in [-0.4, -0.2) is 17.0 Å². The molecule has 5 nitrogen and oxygen atoms in total. The van der Waals surface area contributed by atoms with Gasteiger partial charge in [0.15, 0.2) is 0 Å². The lowest BCUT2D eigenvalue weighted by Gasteiger charge is -2.36. The Morgan fingerprint density at radius 1 is 1.43 bits per heavy atom. The van der Waals surface area contributed by atoms with E-state index in [2.05, 4.69) is 20.8 Å². The number of esters is 1. The summed E-state index contributed by atoms with van der Waals surface area (Å²) in [6.45, 7) is 6.47. The van der Waals surface area contributed by atoms with Crippen LogP contribution in [0.25, 0.3) is 0 Å². The van der Waals surface area contributed by atoms with Crippen molar-refractivity contribution in [1.29, 1.82) is 0 Å². The van der Waals surface area contributed by atoms with Crippen LogP contribution in [0.15, 0.2) is 12.1 Å². The molecule has 21 heavy (non-hydrogen) atoms. The summed E-state index contributed by atoms with van der Waals surface area (Å²) >= 11 is 0.874. The molecule has 0 spiro atoms. The van der Waals surface area contributed by atoms with Gasteiger partial charge >= 0.3 is 11.0 Å². The van der Waals surface area contributed by atoms with Crippen LogP contribution in [0.4, 0.5) is 5.00 Å². The lowest BCUT2D eigenvalue weighted by atomic mass is 9.75. The van der Waals surface area contributed by atoms with Crippen LogP contribution in [0.2, 0.25) is 0 Å². The van der Waals surface area contributed by atoms with E-state index in [1.165, 1.54) is 18.6 Å². The number of rotatable bonds is 4. The van der Waals surface area contributed by atoms with Gasteiger partial charge in [-0.3, -0.25) is 10.1 Å². The first-order valence-electron chi connectivity index (χ1n) is 7.33. The molecule has 1 aliphatic rings. The fourth-order valence-corrected chi connectivity index (χ4v) is 3.68. The Morgan fingerprint density at radius 3 is 2.71 bits per heavy atom. The molecule has 1 aromatic rings. The second-order valence-electron chi connectivity index (χ2n) is 6.16. The Labute approximate surface area is 128 Å². The molecule has 0 N–H and O–H groups in total. The van der Waals surface area contributed by atoms with Gasteiger partial charge in [0.25, 0.3) is 0 Å². The van der Waals surface area contributed by atoms with Crippen LogP contribution >= 0.6 is 11.3 Å². The fourth-order valence-electron chi connectivity index (χ4n) is 2.98. The fraction of sp³-hybridized carbons (Fsp3) is 0.667. The van der Waals surface area contributed by atoms with Gasteiger partial charge in [-0.2, -0.15) is 0 Å². The highest BCUT2D eigenvalue weighted by Crippen LogP contribution is 2.36. The van der Waals surface area contributed by atoms with Crippen LogP contribution in [0.3, 0.4) is 0 Å². The topological polar surface area (TPSA) is 69.4 Å². The van der Waals surface area contributed by atoms with Gasteiger partial charge in [-0.1, -0.05) is 38.5 Å². The summed E-state index contributed by atoms with van der Waals surface area (Å²) in [5.41, 5.74) is 0. The number of ether oxygens (including phenoxy) is 1. The second kappa shape index (κ2) is 6.56. The number of nitro groups is 1. The average molecular weight is 311 g/mol. The minimum atomic E-state index is -0.485. The second-order valence-corrected chi connectivity index (χ2v) is 7.23. The molecule has 0 bridgehead atoms. The molecular weight excluding hydrogens is 290 g/mol. The Bertz CT molecular complexity index is 525. The maximum Gasteiger partial charge on any atom is 0.348 e. The summed E-state index contributed by atoms with van der Waals surface area (Å²) in [6, 6.07) is 2.83. The summed E-state index contributed by atoms with van der Waals surface area (Å²) < 4.78 is 5.66. The van der Waals surface area contributed by atoms with E-state index in [1.807, 2.05) is 0 Å². The zero-order valence-electron chi connectivity index (χ0n) is 12.6. The molecule has 116 valence electrons. The third-order valence-electron chi connectivity index (χ3n) is 4.19. The number of carbonyl (C=O) groups excluding carboxylic acids is 1. The van der Waals surface area contributed by atoms with Crippen molar-refractivity contribution in [2.24, 2.45) is 17.8 Å². The summed E-state index contributed by atoms with van der Waals surface area (Å²) in [6.07, 6.45) is 3.03. The Balaban J connectivity index is 2.06. The molecule has 0 aromatic carbocycles. The first-order valence-corrected chi connectivity index (χ1v) is 8.15. The molecule has 0 radical (unpaired) electrons. The molecule has 0 saturated heterocycles. The van der Waals surface area contributed by atoms with E-state index in [0.717, 1.165) is 24.2 Å². The van der Waals surface area contributed by atoms with Crippen molar-refractivity contribution in [3.05, 3.63) is 27.1 Å². The average Bonchev–Trinajstić information content (AvgIpc) is 2.88. The number of carbonyl (C=O) groups is 1. The van der Waals surface area contributed by atoms with Gasteiger partial charge in [0.2, 0.25) is 0 Å². The van der Waals surface area contributed by atoms with Crippen molar-refractivity contribution in [2.45, 2.75) is 46.1 Å². The molecule has 0 aliphatic heterocycles. The molecular formula is C15H21NO4S. The summed E-state index contributed by atoms with van der Waals surface area (Å²) in [5.74, 6) is 0.960. The smallest absolute Gasteiger partial charge is 0.348 e. The monoisotopic (exact) mass is 311 g/mol. The molecule has 1 saturated carbocycles. The molecule has 1 aliphatic carbocycles. The van der Waals surface area contributed by atoms with Crippen molar-refractivity contribution in [3.63, 3.8) is 0 Å². The van der Waals surface area contributed by atoms with Gasteiger partial charge in [-0.25, -0.2) is 4.79 Å². The van der Waals surface area contributed by atoms with Gasteiger partial charge in [0, 0.05) is 6.07 Å². The number of hydrogen-bond acceptors (Lipinski definition) is 5. The molecule has 6 heteroatoms. The van der Waals surface area contributed by atoms with Crippen molar-refractivity contribution in [3.8, 4) is 0 Å². The van der Waals surface area contributed by atoms with Crippen molar-refractivity contribution in [1.82, 2.24) is 0 Å². The van der Waals surface area contributed by atoms with Gasteiger partial charge in [-0.15, -0.1) is 0 Å². The van der Waals surface area contributed by atoms with E-state index in [4.69, 9.17) is 4.74 Å². The maximum atomic E-state index is 12.2. The van der Waals surface area contributed by atoms with Crippen LogP contribution in [-0.2, 0) is 4.74 Å². The Kier molecular flexibility index (Phi) is 4.98. The number of nitrogens with zero attached hydrogens (tertiary/aromatic N) is 1. The highest BCUT2D eigenvalue weighted by molar-refractivity contribution is 7.17. The largest absolute Gasteiger partial charge is 0.458 e. The summed E-state index contributed by atoms with van der Waals surface area (Å²) in [7, 11) is 0. The van der Waals surface area contributed by atoms with E-state index in [-0.39, 0.29) is 11.1 Å². The maximum absolute atomic E-state index is 12.2. The molecule has 0 amide bonds. The third kappa shape index (κ3) is 3.81. The Morgan fingerprint density at radius 2 is 2.14 bits per heavy atom. The first kappa shape index (κ1) is 15.9. The molecule has 2 rings (SSSR count). The first-order chi connectivity index (χ1) is 9.88. The number of thiophene rings is 1. The SMILES string of the molecule is CC(C)[C@@H]1CC[C@@H](C)C[C@H]1OC(=O)c1ccc([N+](=O)[O-])s1. The van der Waals surface area contributed by atoms with Crippen molar-refractivity contribution >= 4 is 22.3 Å². The Hall–Kier alpha value is -1.43. The predicted molar refractivity (Wildman–Crippen MR) is 81.5 cm³/mol. The van der Waals surface area contributed by atoms with Gasteiger partial charge < -0.3 is 4.74 Å². The van der Waals surface area contributed by atoms with Gasteiger partial charge in [-0.05, 0) is 36.7 Å². The van der Waals surface area contributed by atoms with E-state index in [0.29, 0.717) is 22.6 Å². The minimum absolute atomic E-state index is 0.0284. The molecule has 3 atom stereocenters. The standard InChI is InChI=1S/C15H21NO4S/c1-9(2)11-5-4-10(3)8-12(11)20-15(17)13-6-7-14(21-13)16(18)19/h6-7,9-12H,4-5,8H2,1-3H3/t10-,11+,12-/m1/s1. The molecule has 0 unspecified atom stereocenters. The van der Waals surface area contributed by atoms with Gasteiger partial charge in [0.1, 0.15) is 11.0 Å². The third-order valence-corrected chi connectivity index (χ3v) is 5.21. The van der Waals surface area contributed by atoms with Crippen LogP contribution < -0.4 is 0 Å². The molecule has 1 fully saturated rings. The van der Waals surface area contributed by atoms with Crippen molar-refractivity contribution in [2.75, 3.05) is 0 Å². The van der Waals surface area contributed by atoms with E-state index >= 15 is 0 Å². The van der Waals surface area contributed by atoms with Crippen molar-refractivity contribution < 1.29 is 14.5 Å². The zero-order chi connectivity index (χ0) is 15.6. The lowest BCUT2D eigenvalue weighted by molar-refractivity contribution is -0.380. The minimum Gasteiger partial charge on any atom is -0.458 e. The molecule has 1 aromatic heterocycles.